The van der Waals surface area contributed by atoms with Crippen LogP contribution in [0.1, 0.15) is 0 Å². The van der Waals surface area contributed by atoms with Gasteiger partial charge in [0.25, 0.3) is 0 Å². The second-order valence-electron chi connectivity index (χ2n) is 14.0. The fourth-order valence-electron chi connectivity index (χ4n) is 8.57. The molecule has 0 radical (unpaired) electrons. The van der Waals surface area contributed by atoms with Crippen molar-refractivity contribution in [3.8, 4) is 22.3 Å². The zero-order chi connectivity index (χ0) is 36.2. The van der Waals surface area contributed by atoms with E-state index in [4.69, 9.17) is 0 Å². The zero-order valence-corrected chi connectivity index (χ0v) is 31.9. The van der Waals surface area contributed by atoms with Gasteiger partial charge in [0, 0.05) is 0 Å². The summed E-state index contributed by atoms with van der Waals surface area (Å²) in [5.74, 6) is 0. The summed E-state index contributed by atoms with van der Waals surface area (Å²) in [5.41, 5.74) is 5.55. The van der Waals surface area contributed by atoms with Crippen LogP contribution in [0, 0.1) is 0 Å². The van der Waals surface area contributed by atoms with E-state index in [1.807, 2.05) is 0 Å². The summed E-state index contributed by atoms with van der Waals surface area (Å²) in [6.07, 6.45) is 18.4. The number of hydrogen-bond acceptors (Lipinski definition) is 0. The first-order valence-electron chi connectivity index (χ1n) is 18.8. The lowest BCUT2D eigenvalue weighted by atomic mass is 10.0. The fraction of sp³-hybridized carbons (Fsp3) is 0.0385. The molecule has 2 heteroatoms. The van der Waals surface area contributed by atoms with Gasteiger partial charge in [-0.15, -0.1) is 0 Å². The molecular weight excluding hydrogens is 687 g/mol. The van der Waals surface area contributed by atoms with Gasteiger partial charge in [-0.25, -0.2) is 0 Å². The third-order valence-corrected chi connectivity index (χ3v) is 20.3. The van der Waals surface area contributed by atoms with E-state index in [1.165, 1.54) is 54.1 Å². The van der Waals surface area contributed by atoms with E-state index in [2.05, 4.69) is 243 Å². The van der Waals surface area contributed by atoms with Gasteiger partial charge in [0.05, 0.1) is 0 Å². The van der Waals surface area contributed by atoms with Gasteiger partial charge in [0.1, 0.15) is 57.7 Å². The van der Waals surface area contributed by atoms with Crippen LogP contribution in [0.5, 0.6) is 0 Å². The number of hydrogen-bond donors (Lipinski definition) is 0. The van der Waals surface area contributed by atoms with E-state index < -0.39 is 14.5 Å². The Balaban J connectivity index is 1.05. The smallest absolute Gasteiger partial charge is 0.0622 e. The van der Waals surface area contributed by atoms with Crippen LogP contribution >= 0.6 is 14.5 Å². The topological polar surface area (TPSA) is 0 Å². The van der Waals surface area contributed by atoms with Crippen molar-refractivity contribution in [1.29, 1.82) is 0 Å². The van der Waals surface area contributed by atoms with Crippen LogP contribution in [0.2, 0.25) is 0 Å². The summed E-state index contributed by atoms with van der Waals surface area (Å²) in [4.78, 5) is 0. The second kappa shape index (κ2) is 15.0. The van der Waals surface area contributed by atoms with Gasteiger partial charge in [-0.3, -0.25) is 0 Å². The molecule has 0 aliphatic heterocycles. The second-order valence-corrected chi connectivity index (χ2v) is 21.2. The Kier molecular flexibility index (Phi) is 9.49. The van der Waals surface area contributed by atoms with E-state index in [0.29, 0.717) is 11.3 Å². The number of benzene rings is 7. The highest BCUT2D eigenvalue weighted by atomic mass is 31.2. The molecule has 0 spiro atoms. The molecule has 0 atom stereocenters. The molecule has 0 N–H and O–H groups in total. The average Bonchev–Trinajstić information content (AvgIpc) is 4.01. The fourth-order valence-corrected chi connectivity index (χ4v) is 17.7. The Morgan fingerprint density at radius 3 is 0.667 bits per heavy atom. The maximum absolute atomic E-state index is 2.39. The largest absolute Gasteiger partial charge is 0.122 e. The Labute approximate surface area is 321 Å². The molecule has 9 rings (SSSR count). The van der Waals surface area contributed by atoms with Crippen molar-refractivity contribution in [3.63, 3.8) is 0 Å². The summed E-state index contributed by atoms with van der Waals surface area (Å²) < 4.78 is 0. The van der Waals surface area contributed by atoms with Gasteiger partial charge in [0.15, 0.2) is 0 Å². The summed E-state index contributed by atoms with van der Waals surface area (Å²) in [5, 5.41) is 8.42. The molecule has 2 aliphatic rings. The molecular formula is C52H42P2+2. The van der Waals surface area contributed by atoms with E-state index in [1.54, 1.807) is 0 Å². The summed E-state index contributed by atoms with van der Waals surface area (Å²) in [6, 6.07) is 72.6. The van der Waals surface area contributed by atoms with E-state index in [9.17, 15) is 0 Å². The third-order valence-electron chi connectivity index (χ3n) is 11.1. The van der Waals surface area contributed by atoms with Crippen LogP contribution in [0.3, 0.4) is 0 Å². The quantitative estimate of drug-likeness (QED) is 0.123. The van der Waals surface area contributed by atoms with Crippen molar-refractivity contribution in [2.24, 2.45) is 0 Å². The van der Waals surface area contributed by atoms with Gasteiger partial charge in [-0.05, 0) is 119 Å². The Bertz CT molecular complexity index is 2160. The van der Waals surface area contributed by atoms with Crippen molar-refractivity contribution in [1.82, 2.24) is 0 Å². The summed E-state index contributed by atoms with van der Waals surface area (Å²) in [6.45, 7) is 0. The normalized spacial score (nSPS) is 14.2. The SMILES string of the molecule is C1=CC([P+](c2ccccc2)(c2ccccc2)c2ccc(-c3ccc(-c4ccc([P+](c5ccccc5)(c5ccccc5)C5C=CC=C5)cc4)cc3)cc2)C=C1. The molecule has 0 fully saturated rings. The molecule has 54 heavy (non-hydrogen) atoms. The highest BCUT2D eigenvalue weighted by Crippen LogP contribution is 2.62. The predicted octanol–water partition coefficient (Wildman–Crippen LogP) is 10.6. The molecule has 0 heterocycles. The van der Waals surface area contributed by atoms with E-state index in [0.717, 1.165) is 0 Å². The zero-order valence-electron chi connectivity index (χ0n) is 30.1. The van der Waals surface area contributed by atoms with Crippen molar-refractivity contribution in [2.45, 2.75) is 11.3 Å². The maximum atomic E-state index is 2.39. The monoisotopic (exact) mass is 728 g/mol. The van der Waals surface area contributed by atoms with Crippen molar-refractivity contribution < 1.29 is 0 Å². The Hall–Kier alpha value is -5.64. The van der Waals surface area contributed by atoms with Gasteiger partial charge >= 0.3 is 0 Å². The lowest BCUT2D eigenvalue weighted by Gasteiger charge is -2.31. The van der Waals surface area contributed by atoms with Gasteiger partial charge in [0.2, 0.25) is 0 Å². The van der Waals surface area contributed by atoms with Crippen LogP contribution in [0.25, 0.3) is 22.3 Å². The van der Waals surface area contributed by atoms with Crippen LogP contribution in [0.15, 0.2) is 243 Å². The van der Waals surface area contributed by atoms with E-state index in [-0.39, 0.29) is 0 Å². The minimum atomic E-state index is -2.00. The Morgan fingerprint density at radius 1 is 0.222 bits per heavy atom. The molecule has 0 nitrogen and oxygen atoms in total. The minimum Gasteiger partial charge on any atom is -0.0622 e. The van der Waals surface area contributed by atoms with Crippen LogP contribution in [-0.4, -0.2) is 11.3 Å². The van der Waals surface area contributed by atoms with E-state index >= 15 is 0 Å². The first kappa shape index (κ1) is 34.1. The van der Waals surface area contributed by atoms with Gasteiger partial charge < -0.3 is 0 Å². The lowest BCUT2D eigenvalue weighted by Crippen LogP contribution is -2.37. The van der Waals surface area contributed by atoms with Gasteiger partial charge in [-0.2, -0.15) is 0 Å². The molecule has 0 saturated heterocycles. The lowest BCUT2D eigenvalue weighted by molar-refractivity contribution is 1.42. The van der Waals surface area contributed by atoms with Crippen molar-refractivity contribution in [3.05, 3.63) is 243 Å². The number of rotatable bonds is 10. The first-order chi connectivity index (χ1) is 26.8. The van der Waals surface area contributed by atoms with Gasteiger partial charge in [-0.1, -0.05) is 146 Å². The molecule has 0 unspecified atom stereocenters. The summed E-state index contributed by atoms with van der Waals surface area (Å²) >= 11 is 0. The standard InChI is InChI=1S/C52H42P2/c1-5-17-45(18-6-1)53(49-25-13-14-26-49,46-19-7-2-8-20-46)51-37-33-43(34-38-51)41-29-31-42(32-30-41)44-35-39-52(40-36-44)54(50-27-15-16-28-50,47-21-9-3-10-22-47)48-23-11-4-12-24-48/h1-40,49-50H/q+2. The van der Waals surface area contributed by atoms with Crippen molar-refractivity contribution in [2.75, 3.05) is 0 Å². The van der Waals surface area contributed by atoms with Crippen LogP contribution < -0.4 is 31.8 Å². The molecule has 7 aromatic carbocycles. The third kappa shape index (κ3) is 5.97. The van der Waals surface area contributed by atoms with Crippen LogP contribution in [-0.2, 0) is 0 Å². The molecule has 2 aliphatic carbocycles. The summed E-state index contributed by atoms with van der Waals surface area (Å²) in [7, 11) is -4.00. The maximum Gasteiger partial charge on any atom is 0.122 e. The molecule has 0 aromatic heterocycles. The molecule has 258 valence electrons. The first-order valence-corrected chi connectivity index (χ1v) is 22.5. The molecule has 7 aromatic rings. The highest BCUT2D eigenvalue weighted by molar-refractivity contribution is 7.97. The minimum absolute atomic E-state index is 0.317. The highest BCUT2D eigenvalue weighted by Gasteiger charge is 2.52. The van der Waals surface area contributed by atoms with Crippen LogP contribution in [0.4, 0.5) is 0 Å². The Morgan fingerprint density at radius 2 is 0.426 bits per heavy atom. The van der Waals surface area contributed by atoms with Crippen molar-refractivity contribution >= 4 is 46.4 Å². The average molecular weight is 729 g/mol. The molecule has 0 bridgehead atoms. The molecule has 0 amide bonds. The predicted molar refractivity (Wildman–Crippen MR) is 239 cm³/mol. The number of allylic oxidation sites excluding steroid dienone is 8. The molecule has 0 saturated carbocycles.